The summed E-state index contributed by atoms with van der Waals surface area (Å²) in [5.41, 5.74) is 1.88. The quantitative estimate of drug-likeness (QED) is 0.696. The Balaban J connectivity index is 1.73. The van der Waals surface area contributed by atoms with Gasteiger partial charge in [-0.3, -0.25) is 4.79 Å². The third-order valence-electron chi connectivity index (χ3n) is 5.84. The first-order valence-electron chi connectivity index (χ1n) is 9.82. The Bertz CT molecular complexity index is 1090. The molecule has 1 aliphatic rings. The summed E-state index contributed by atoms with van der Waals surface area (Å²) in [4.78, 5) is 27.7. The lowest BCUT2D eigenvalue weighted by molar-refractivity contribution is -0.133. The van der Waals surface area contributed by atoms with Crippen LogP contribution in [0, 0.1) is 6.92 Å². The Morgan fingerprint density at radius 2 is 2.00 bits per heavy atom. The second-order valence-electron chi connectivity index (χ2n) is 7.65. The number of nitrogens with zero attached hydrogens (tertiary/aromatic N) is 4. The number of carbonyl (C=O) groups is 1. The molecule has 0 N–H and O–H groups in total. The number of pyridine rings is 1. The van der Waals surface area contributed by atoms with Crippen LogP contribution >= 0.6 is 0 Å². The van der Waals surface area contributed by atoms with E-state index >= 15 is 0 Å². The summed E-state index contributed by atoms with van der Waals surface area (Å²) < 4.78 is 8.16. The standard InChI is InChI=1S/C21H26N4O3/c1-14-11-15-9-10-17(28-3)12-18(15)25-20(14)22-24(21(25)27)13-19(26)23(2)16-7-5-4-6-8-16/h9-12,16H,4-8,13H2,1-3H3. The van der Waals surface area contributed by atoms with E-state index < -0.39 is 0 Å². The number of carbonyl (C=O) groups excluding carboxylic acids is 1. The number of hydrogen-bond donors (Lipinski definition) is 0. The van der Waals surface area contributed by atoms with Gasteiger partial charge >= 0.3 is 5.69 Å². The normalized spacial score (nSPS) is 15.2. The molecule has 0 radical (unpaired) electrons. The van der Waals surface area contributed by atoms with Crippen molar-refractivity contribution < 1.29 is 9.53 Å². The number of rotatable bonds is 4. The van der Waals surface area contributed by atoms with Crippen molar-refractivity contribution in [2.75, 3.05) is 14.2 Å². The van der Waals surface area contributed by atoms with Crippen molar-refractivity contribution in [2.45, 2.75) is 51.6 Å². The van der Waals surface area contributed by atoms with E-state index in [0.717, 1.165) is 42.1 Å². The zero-order valence-corrected chi connectivity index (χ0v) is 16.6. The number of fused-ring (bicyclic) bond motifs is 3. The van der Waals surface area contributed by atoms with E-state index in [1.807, 2.05) is 38.2 Å². The lowest BCUT2D eigenvalue weighted by atomic mass is 9.94. The van der Waals surface area contributed by atoms with Crippen molar-refractivity contribution in [1.29, 1.82) is 0 Å². The van der Waals surface area contributed by atoms with E-state index in [-0.39, 0.29) is 24.2 Å². The predicted molar refractivity (Wildman–Crippen MR) is 108 cm³/mol. The Kier molecular flexibility index (Phi) is 4.83. The largest absolute Gasteiger partial charge is 0.497 e. The third kappa shape index (κ3) is 3.15. The van der Waals surface area contributed by atoms with Gasteiger partial charge < -0.3 is 9.64 Å². The van der Waals surface area contributed by atoms with Crippen LogP contribution in [0.2, 0.25) is 0 Å². The van der Waals surface area contributed by atoms with Gasteiger partial charge in [-0.05, 0) is 48.9 Å². The van der Waals surface area contributed by atoms with Gasteiger partial charge in [0.1, 0.15) is 12.3 Å². The predicted octanol–water partition coefficient (Wildman–Crippen LogP) is 2.76. The van der Waals surface area contributed by atoms with Crippen LogP contribution in [-0.4, -0.2) is 45.2 Å². The highest BCUT2D eigenvalue weighted by Crippen LogP contribution is 2.24. The highest BCUT2D eigenvalue weighted by Gasteiger charge is 2.23. The first-order chi connectivity index (χ1) is 13.5. The Morgan fingerprint density at radius 1 is 1.25 bits per heavy atom. The minimum atomic E-state index is -0.303. The molecular formula is C21H26N4O3. The van der Waals surface area contributed by atoms with Crippen molar-refractivity contribution >= 4 is 22.5 Å². The van der Waals surface area contributed by atoms with Gasteiger partial charge in [-0.1, -0.05) is 19.3 Å². The third-order valence-corrected chi connectivity index (χ3v) is 5.84. The maximum atomic E-state index is 13.1. The molecule has 1 amide bonds. The van der Waals surface area contributed by atoms with E-state index in [1.54, 1.807) is 16.4 Å². The zero-order valence-electron chi connectivity index (χ0n) is 16.6. The fourth-order valence-electron chi connectivity index (χ4n) is 4.16. The highest BCUT2D eigenvalue weighted by atomic mass is 16.5. The first kappa shape index (κ1) is 18.5. The van der Waals surface area contributed by atoms with E-state index in [9.17, 15) is 9.59 Å². The topological polar surface area (TPSA) is 68.8 Å². The van der Waals surface area contributed by atoms with Gasteiger partial charge in [0.05, 0.1) is 12.6 Å². The van der Waals surface area contributed by atoms with Crippen molar-refractivity contribution in [2.24, 2.45) is 0 Å². The summed E-state index contributed by atoms with van der Waals surface area (Å²) in [6, 6.07) is 7.88. The van der Waals surface area contributed by atoms with Crippen LogP contribution in [0.25, 0.3) is 16.6 Å². The molecule has 1 aromatic carbocycles. The second kappa shape index (κ2) is 7.30. The van der Waals surface area contributed by atoms with E-state index in [0.29, 0.717) is 11.4 Å². The molecule has 0 saturated heterocycles. The number of aromatic nitrogens is 3. The van der Waals surface area contributed by atoms with Crippen molar-refractivity contribution in [1.82, 2.24) is 19.1 Å². The Hall–Kier alpha value is -2.83. The maximum absolute atomic E-state index is 13.1. The minimum Gasteiger partial charge on any atom is -0.497 e. The molecule has 0 bridgehead atoms. The Morgan fingerprint density at radius 3 is 2.71 bits per heavy atom. The average Bonchev–Trinajstić information content (AvgIpc) is 3.05. The van der Waals surface area contributed by atoms with E-state index in [1.165, 1.54) is 11.1 Å². The molecule has 4 rings (SSSR count). The zero-order chi connectivity index (χ0) is 19.8. The number of amides is 1. The molecule has 28 heavy (non-hydrogen) atoms. The lowest BCUT2D eigenvalue weighted by Crippen LogP contribution is -2.41. The molecule has 7 nitrogen and oxygen atoms in total. The molecular weight excluding hydrogens is 356 g/mol. The van der Waals surface area contributed by atoms with Gasteiger partial charge in [-0.25, -0.2) is 13.9 Å². The summed E-state index contributed by atoms with van der Waals surface area (Å²) in [5, 5.41) is 5.39. The number of methoxy groups -OCH3 is 1. The summed E-state index contributed by atoms with van der Waals surface area (Å²) in [6.45, 7) is 1.88. The molecule has 0 unspecified atom stereocenters. The Labute approximate surface area is 163 Å². The smallest absolute Gasteiger partial charge is 0.351 e. The van der Waals surface area contributed by atoms with Gasteiger partial charge in [0.2, 0.25) is 5.91 Å². The van der Waals surface area contributed by atoms with Crippen LogP contribution in [-0.2, 0) is 11.3 Å². The summed E-state index contributed by atoms with van der Waals surface area (Å²) in [5.74, 6) is 0.599. The molecule has 148 valence electrons. The van der Waals surface area contributed by atoms with Crippen LogP contribution in [0.4, 0.5) is 0 Å². The highest BCUT2D eigenvalue weighted by molar-refractivity contribution is 5.84. The van der Waals surface area contributed by atoms with Crippen LogP contribution in [0.3, 0.4) is 0 Å². The molecule has 0 spiro atoms. The lowest BCUT2D eigenvalue weighted by Gasteiger charge is -2.31. The van der Waals surface area contributed by atoms with Crippen LogP contribution < -0.4 is 10.4 Å². The van der Waals surface area contributed by atoms with Gasteiger partial charge in [0.15, 0.2) is 5.65 Å². The number of aryl methyl sites for hydroxylation is 1. The molecule has 0 aliphatic heterocycles. The molecule has 0 atom stereocenters. The number of hydrogen-bond acceptors (Lipinski definition) is 4. The number of likely N-dealkylation sites (N-methyl/N-ethyl adjacent to an activating group) is 1. The van der Waals surface area contributed by atoms with Gasteiger partial charge in [-0.2, -0.15) is 0 Å². The number of benzene rings is 1. The van der Waals surface area contributed by atoms with Crippen LogP contribution in [0.5, 0.6) is 5.75 Å². The molecule has 1 saturated carbocycles. The van der Waals surface area contributed by atoms with Gasteiger partial charge in [0.25, 0.3) is 0 Å². The van der Waals surface area contributed by atoms with Crippen molar-refractivity contribution in [3.63, 3.8) is 0 Å². The first-order valence-corrected chi connectivity index (χ1v) is 9.82. The van der Waals surface area contributed by atoms with Crippen LogP contribution in [0.15, 0.2) is 29.1 Å². The van der Waals surface area contributed by atoms with E-state index in [2.05, 4.69) is 5.10 Å². The molecule has 1 aliphatic carbocycles. The average molecular weight is 382 g/mol. The SMILES string of the molecule is COc1ccc2cc(C)c3nn(CC(=O)N(C)C4CCCCC4)c(=O)n3c2c1. The van der Waals surface area contributed by atoms with Gasteiger partial charge in [0, 0.05) is 19.2 Å². The fourth-order valence-corrected chi connectivity index (χ4v) is 4.16. The van der Waals surface area contributed by atoms with Crippen molar-refractivity contribution in [3.05, 3.63) is 40.3 Å². The van der Waals surface area contributed by atoms with Crippen LogP contribution in [0.1, 0.15) is 37.7 Å². The maximum Gasteiger partial charge on any atom is 0.351 e. The molecule has 1 fully saturated rings. The summed E-state index contributed by atoms with van der Waals surface area (Å²) in [6.07, 6.45) is 5.62. The fraction of sp³-hybridized carbons (Fsp3) is 0.476. The molecule has 2 aromatic heterocycles. The molecule has 3 aromatic rings. The monoisotopic (exact) mass is 382 g/mol. The second-order valence-corrected chi connectivity index (χ2v) is 7.65. The van der Waals surface area contributed by atoms with Crippen molar-refractivity contribution in [3.8, 4) is 5.75 Å². The minimum absolute atomic E-state index is 0.0432. The van der Waals surface area contributed by atoms with E-state index in [4.69, 9.17) is 4.74 Å². The summed E-state index contributed by atoms with van der Waals surface area (Å²) >= 11 is 0. The molecule has 7 heteroatoms. The number of ether oxygens (including phenoxy) is 1. The summed E-state index contributed by atoms with van der Waals surface area (Å²) in [7, 11) is 3.43. The molecule has 2 heterocycles. The van der Waals surface area contributed by atoms with Gasteiger partial charge in [-0.15, -0.1) is 5.10 Å².